The molecule has 1 heterocycles. The number of anilines is 1. The number of hydrogen-bond acceptors (Lipinski definition) is 3. The van der Waals surface area contributed by atoms with Crippen molar-refractivity contribution in [2.45, 2.75) is 45.2 Å². The van der Waals surface area contributed by atoms with Gasteiger partial charge in [0.05, 0.1) is 6.42 Å². The maximum absolute atomic E-state index is 13.9. The molecule has 25 heavy (non-hydrogen) atoms. The molecule has 2 rings (SSSR count). The molecule has 3 N–H and O–H groups in total. The van der Waals surface area contributed by atoms with Crippen molar-refractivity contribution >= 4 is 23.6 Å². The molecule has 0 aromatic heterocycles. The van der Waals surface area contributed by atoms with Crippen LogP contribution in [0.1, 0.15) is 32.3 Å². The zero-order chi connectivity index (χ0) is 18.6. The maximum atomic E-state index is 13.9. The smallest absolute Gasteiger partial charge is 0.318 e. The number of hydrogen-bond donors (Lipinski definition) is 3. The predicted octanol–water partition coefficient (Wildman–Crippen LogP) is 1.97. The number of carboxylic acid groups (broad SMARTS) is 1. The van der Waals surface area contributed by atoms with Crippen LogP contribution in [0.2, 0.25) is 0 Å². The fourth-order valence-electron chi connectivity index (χ4n) is 2.77. The molecule has 1 saturated heterocycles. The lowest BCUT2D eigenvalue weighted by Gasteiger charge is -2.25. The van der Waals surface area contributed by atoms with Crippen molar-refractivity contribution in [3.63, 3.8) is 0 Å². The van der Waals surface area contributed by atoms with Gasteiger partial charge in [-0.25, -0.2) is 9.18 Å². The molecular weight excluding hydrogens is 329 g/mol. The highest BCUT2D eigenvalue weighted by molar-refractivity contribution is 5.97. The lowest BCUT2D eigenvalue weighted by Crippen LogP contribution is -2.49. The van der Waals surface area contributed by atoms with E-state index in [-0.39, 0.29) is 29.2 Å². The van der Waals surface area contributed by atoms with E-state index < -0.39 is 24.2 Å². The summed E-state index contributed by atoms with van der Waals surface area (Å²) in [5.74, 6) is -2.21. The van der Waals surface area contributed by atoms with Gasteiger partial charge < -0.3 is 20.6 Å². The fourth-order valence-corrected chi connectivity index (χ4v) is 2.77. The third-order valence-electron chi connectivity index (χ3n) is 3.89. The first-order chi connectivity index (χ1) is 11.8. The van der Waals surface area contributed by atoms with Crippen molar-refractivity contribution in [3.8, 4) is 0 Å². The summed E-state index contributed by atoms with van der Waals surface area (Å²) >= 11 is 0. The van der Waals surface area contributed by atoms with Crippen LogP contribution >= 0.6 is 0 Å². The van der Waals surface area contributed by atoms with Crippen LogP contribution in [0.5, 0.6) is 0 Å². The summed E-state index contributed by atoms with van der Waals surface area (Å²) in [5, 5.41) is 14.1. The number of amides is 3. The summed E-state index contributed by atoms with van der Waals surface area (Å²) in [4.78, 5) is 36.7. The van der Waals surface area contributed by atoms with E-state index >= 15 is 0 Å². The van der Waals surface area contributed by atoms with Gasteiger partial charge in [0.25, 0.3) is 0 Å². The van der Waals surface area contributed by atoms with Gasteiger partial charge in [-0.2, -0.15) is 0 Å². The highest BCUT2D eigenvalue weighted by Gasteiger charge is 2.34. The molecule has 1 fully saturated rings. The van der Waals surface area contributed by atoms with Crippen LogP contribution < -0.4 is 10.6 Å². The number of aliphatic carboxylic acids is 1. The molecule has 8 heteroatoms. The second kappa shape index (κ2) is 7.96. The van der Waals surface area contributed by atoms with Gasteiger partial charge >= 0.3 is 12.0 Å². The Hall–Kier alpha value is -2.64. The summed E-state index contributed by atoms with van der Waals surface area (Å²) in [5.41, 5.74) is 0.275. The van der Waals surface area contributed by atoms with Crippen LogP contribution in [0, 0.1) is 5.82 Å². The molecule has 7 nitrogen and oxygen atoms in total. The molecule has 1 aliphatic heterocycles. The van der Waals surface area contributed by atoms with Crippen molar-refractivity contribution in [1.82, 2.24) is 10.2 Å². The van der Waals surface area contributed by atoms with E-state index in [2.05, 4.69) is 10.6 Å². The van der Waals surface area contributed by atoms with Crippen LogP contribution in [0.15, 0.2) is 18.2 Å². The van der Waals surface area contributed by atoms with Crippen LogP contribution in [-0.4, -0.2) is 46.5 Å². The minimum absolute atomic E-state index is 0.0345. The molecule has 0 radical (unpaired) electrons. The minimum Gasteiger partial charge on any atom is -0.481 e. The highest BCUT2D eigenvalue weighted by Crippen LogP contribution is 2.21. The summed E-state index contributed by atoms with van der Waals surface area (Å²) < 4.78 is 13.9. The highest BCUT2D eigenvalue weighted by atomic mass is 19.1. The van der Waals surface area contributed by atoms with E-state index in [9.17, 15) is 18.8 Å². The SMILES string of the molecule is CC(C)NC(=O)N1CCC[C@H]1C(=O)Nc1ccc(CC(=O)O)c(F)c1. The molecule has 1 atom stereocenters. The van der Waals surface area contributed by atoms with Gasteiger partial charge in [0, 0.05) is 18.3 Å². The van der Waals surface area contributed by atoms with E-state index in [1.807, 2.05) is 13.8 Å². The van der Waals surface area contributed by atoms with Gasteiger partial charge in [-0.1, -0.05) is 6.07 Å². The molecule has 0 bridgehead atoms. The van der Waals surface area contributed by atoms with E-state index in [1.54, 1.807) is 0 Å². The van der Waals surface area contributed by atoms with Crippen molar-refractivity contribution in [2.75, 3.05) is 11.9 Å². The third-order valence-corrected chi connectivity index (χ3v) is 3.89. The minimum atomic E-state index is -1.13. The first kappa shape index (κ1) is 18.7. The number of likely N-dealkylation sites (tertiary alicyclic amines) is 1. The topological polar surface area (TPSA) is 98.7 Å². The third kappa shape index (κ3) is 4.91. The Morgan fingerprint density at radius 3 is 2.68 bits per heavy atom. The van der Waals surface area contributed by atoms with Crippen molar-refractivity contribution < 1.29 is 23.9 Å². The molecule has 0 saturated carbocycles. The Balaban J connectivity index is 2.04. The van der Waals surface area contributed by atoms with Gasteiger partial charge in [-0.05, 0) is 44.4 Å². The number of nitrogens with one attached hydrogen (secondary N) is 2. The summed E-state index contributed by atoms with van der Waals surface area (Å²) in [6.07, 6.45) is 0.832. The monoisotopic (exact) mass is 351 g/mol. The average molecular weight is 351 g/mol. The van der Waals surface area contributed by atoms with Crippen molar-refractivity contribution in [3.05, 3.63) is 29.6 Å². The fraction of sp³-hybridized carbons (Fsp3) is 0.471. The van der Waals surface area contributed by atoms with Gasteiger partial charge in [0.15, 0.2) is 0 Å². The number of nitrogens with zero attached hydrogens (tertiary/aromatic N) is 1. The first-order valence-electron chi connectivity index (χ1n) is 8.16. The Morgan fingerprint density at radius 2 is 2.08 bits per heavy atom. The molecule has 1 aromatic carbocycles. The van der Waals surface area contributed by atoms with Gasteiger partial charge in [-0.3, -0.25) is 9.59 Å². The zero-order valence-corrected chi connectivity index (χ0v) is 14.2. The molecule has 3 amide bonds. The number of carboxylic acids is 1. The van der Waals surface area contributed by atoms with Crippen molar-refractivity contribution in [1.29, 1.82) is 0 Å². The molecule has 1 aliphatic rings. The quantitative estimate of drug-likeness (QED) is 0.755. The molecule has 0 spiro atoms. The van der Waals surface area contributed by atoms with Gasteiger partial charge in [0.2, 0.25) is 5.91 Å². The maximum Gasteiger partial charge on any atom is 0.318 e. The number of carbonyl (C=O) groups is 3. The molecule has 1 aromatic rings. The van der Waals surface area contributed by atoms with Gasteiger partial charge in [0.1, 0.15) is 11.9 Å². The lowest BCUT2D eigenvalue weighted by molar-refractivity contribution is -0.136. The Kier molecular flexibility index (Phi) is 5.95. The standard InChI is InChI=1S/C17H22FN3O4/c1-10(2)19-17(25)21-7-3-4-14(21)16(24)20-12-6-5-11(8-15(22)23)13(18)9-12/h5-6,9-10,14H,3-4,7-8H2,1-2H3,(H,19,25)(H,20,24)(H,22,23)/t14-/m0/s1. The number of rotatable bonds is 5. The molecule has 0 aliphatic carbocycles. The Morgan fingerprint density at radius 1 is 1.36 bits per heavy atom. The Labute approximate surface area is 145 Å². The van der Waals surface area contributed by atoms with Crippen LogP contribution in [-0.2, 0) is 16.0 Å². The number of carbonyl (C=O) groups excluding carboxylic acids is 2. The normalized spacial score (nSPS) is 16.8. The van der Waals surface area contributed by atoms with Gasteiger partial charge in [-0.15, -0.1) is 0 Å². The largest absolute Gasteiger partial charge is 0.481 e. The van der Waals surface area contributed by atoms with E-state index in [4.69, 9.17) is 5.11 Å². The number of benzene rings is 1. The first-order valence-corrected chi connectivity index (χ1v) is 8.16. The zero-order valence-electron chi connectivity index (χ0n) is 14.2. The van der Waals surface area contributed by atoms with E-state index in [0.29, 0.717) is 13.0 Å². The molecule has 0 unspecified atom stereocenters. The van der Waals surface area contributed by atoms with Crippen LogP contribution in [0.4, 0.5) is 14.9 Å². The summed E-state index contributed by atoms with van der Waals surface area (Å²) in [6.45, 7) is 4.16. The molecular formula is C17H22FN3O4. The van der Waals surface area contributed by atoms with E-state index in [1.165, 1.54) is 17.0 Å². The molecule has 136 valence electrons. The average Bonchev–Trinajstić information content (AvgIpc) is 2.98. The second-order valence-corrected chi connectivity index (χ2v) is 6.32. The number of halogens is 1. The van der Waals surface area contributed by atoms with Crippen molar-refractivity contribution in [2.24, 2.45) is 0 Å². The van der Waals surface area contributed by atoms with E-state index in [0.717, 1.165) is 12.5 Å². The summed E-state index contributed by atoms with van der Waals surface area (Å²) in [7, 11) is 0. The van der Waals surface area contributed by atoms with Crippen LogP contribution in [0.25, 0.3) is 0 Å². The predicted molar refractivity (Wildman–Crippen MR) is 89.8 cm³/mol. The number of urea groups is 1. The second-order valence-electron chi connectivity index (χ2n) is 6.32. The van der Waals surface area contributed by atoms with Crippen LogP contribution in [0.3, 0.4) is 0 Å². The lowest BCUT2D eigenvalue weighted by atomic mass is 10.1. The summed E-state index contributed by atoms with van der Waals surface area (Å²) in [6, 6.07) is 2.93. The Bertz CT molecular complexity index is 678.